The summed E-state index contributed by atoms with van der Waals surface area (Å²) >= 11 is 2.12. The van der Waals surface area contributed by atoms with Crippen LogP contribution in [0.15, 0.2) is 21.0 Å². The molecule has 0 fully saturated rings. The number of carbonyl (C=O) groups is 1. The number of hydrogen-bond acceptors (Lipinski definition) is 4. The third-order valence-corrected chi connectivity index (χ3v) is 2.46. The van der Waals surface area contributed by atoms with Gasteiger partial charge in [0, 0.05) is 15.8 Å². The predicted molar refractivity (Wildman–Crippen MR) is 53.3 cm³/mol. The smallest absolute Gasteiger partial charge is 0.354 e. The molecule has 12 heavy (non-hydrogen) atoms. The van der Waals surface area contributed by atoms with Gasteiger partial charge in [0.25, 0.3) is 0 Å². The molecule has 0 radical (unpaired) electrons. The van der Waals surface area contributed by atoms with Gasteiger partial charge in [-0.15, -0.1) is 0 Å². The van der Waals surface area contributed by atoms with Crippen molar-refractivity contribution < 1.29 is 9.53 Å². The number of esters is 1. The molecule has 66 valence electrons. The average Bonchev–Trinajstić information content (AvgIpc) is 2.08. The lowest BCUT2D eigenvalue weighted by Gasteiger charge is -2.14. The minimum Gasteiger partial charge on any atom is -0.464 e. The van der Waals surface area contributed by atoms with Crippen molar-refractivity contribution in [1.29, 1.82) is 0 Å². The standard InChI is InChI=1S/C7H9IN2O2/c1-12-7(11)6-2-5(9)4(8)3-10-6/h2,10H,3,9H2,1H3. The first-order valence-corrected chi connectivity index (χ1v) is 4.41. The Labute approximate surface area is 84.0 Å². The molecule has 0 aromatic rings. The molecule has 0 saturated heterocycles. The summed E-state index contributed by atoms with van der Waals surface area (Å²) in [5.74, 6) is -0.387. The summed E-state index contributed by atoms with van der Waals surface area (Å²) < 4.78 is 5.52. The van der Waals surface area contributed by atoms with Crippen LogP contribution in [0, 0.1) is 0 Å². The Kier molecular flexibility index (Phi) is 2.96. The van der Waals surface area contributed by atoms with Gasteiger partial charge in [-0.3, -0.25) is 0 Å². The van der Waals surface area contributed by atoms with E-state index in [4.69, 9.17) is 5.73 Å². The molecule has 0 bridgehead atoms. The van der Waals surface area contributed by atoms with Crippen LogP contribution in [0.3, 0.4) is 0 Å². The molecule has 0 aromatic carbocycles. The lowest BCUT2D eigenvalue weighted by atomic mass is 10.2. The number of nitrogens with two attached hydrogens (primary N) is 1. The first kappa shape index (κ1) is 9.37. The number of rotatable bonds is 1. The number of hydrogen-bond donors (Lipinski definition) is 2. The Hall–Kier alpha value is -0.720. The Morgan fingerprint density at radius 1 is 1.83 bits per heavy atom. The molecule has 1 rings (SSSR count). The molecule has 1 aliphatic heterocycles. The first-order chi connectivity index (χ1) is 5.65. The lowest BCUT2D eigenvalue weighted by Crippen LogP contribution is -2.27. The van der Waals surface area contributed by atoms with Gasteiger partial charge in [0.15, 0.2) is 0 Å². The van der Waals surface area contributed by atoms with Crippen molar-refractivity contribution in [1.82, 2.24) is 5.32 Å². The maximum absolute atomic E-state index is 11.0. The van der Waals surface area contributed by atoms with Gasteiger partial charge in [0.1, 0.15) is 5.70 Å². The Morgan fingerprint density at radius 2 is 2.50 bits per heavy atom. The summed E-state index contributed by atoms with van der Waals surface area (Å²) in [4.78, 5) is 11.0. The van der Waals surface area contributed by atoms with E-state index in [2.05, 4.69) is 32.6 Å². The van der Waals surface area contributed by atoms with E-state index in [9.17, 15) is 4.79 Å². The van der Waals surface area contributed by atoms with Crippen LogP contribution in [0.4, 0.5) is 0 Å². The number of methoxy groups -OCH3 is 1. The Morgan fingerprint density at radius 3 is 3.00 bits per heavy atom. The van der Waals surface area contributed by atoms with Gasteiger partial charge in [-0.2, -0.15) is 0 Å². The molecular weight excluding hydrogens is 271 g/mol. The quantitative estimate of drug-likeness (QED) is 0.534. The van der Waals surface area contributed by atoms with Gasteiger partial charge in [0.05, 0.1) is 7.11 Å². The van der Waals surface area contributed by atoms with E-state index in [-0.39, 0.29) is 5.97 Å². The molecule has 1 aliphatic rings. The van der Waals surface area contributed by atoms with Crippen LogP contribution in [-0.2, 0) is 9.53 Å². The molecule has 3 N–H and O–H groups in total. The molecule has 0 saturated carbocycles. The summed E-state index contributed by atoms with van der Waals surface area (Å²) in [7, 11) is 1.34. The van der Waals surface area contributed by atoms with Gasteiger partial charge < -0.3 is 15.8 Å². The number of allylic oxidation sites excluding steroid dienone is 1. The van der Waals surface area contributed by atoms with Crippen molar-refractivity contribution >= 4 is 28.6 Å². The first-order valence-electron chi connectivity index (χ1n) is 3.33. The molecule has 0 spiro atoms. The van der Waals surface area contributed by atoms with Crippen LogP contribution in [0.5, 0.6) is 0 Å². The zero-order chi connectivity index (χ0) is 9.14. The topological polar surface area (TPSA) is 64.3 Å². The minimum atomic E-state index is -0.387. The largest absolute Gasteiger partial charge is 0.464 e. The highest BCUT2D eigenvalue weighted by atomic mass is 127. The van der Waals surface area contributed by atoms with E-state index < -0.39 is 0 Å². The van der Waals surface area contributed by atoms with E-state index in [1.807, 2.05) is 0 Å². The second-order valence-electron chi connectivity index (χ2n) is 2.26. The van der Waals surface area contributed by atoms with Crippen LogP contribution < -0.4 is 11.1 Å². The number of halogens is 1. The molecule has 5 heteroatoms. The van der Waals surface area contributed by atoms with Crippen LogP contribution in [-0.4, -0.2) is 19.6 Å². The maximum atomic E-state index is 11.0. The molecule has 4 nitrogen and oxygen atoms in total. The van der Waals surface area contributed by atoms with E-state index in [0.29, 0.717) is 17.9 Å². The molecule has 0 amide bonds. The van der Waals surface area contributed by atoms with Gasteiger partial charge in [0.2, 0.25) is 0 Å². The highest BCUT2D eigenvalue weighted by molar-refractivity contribution is 14.1. The number of nitrogens with one attached hydrogen (secondary N) is 1. The monoisotopic (exact) mass is 280 g/mol. The highest BCUT2D eigenvalue weighted by Gasteiger charge is 2.14. The van der Waals surface area contributed by atoms with Gasteiger partial charge >= 0.3 is 5.97 Å². The zero-order valence-corrected chi connectivity index (χ0v) is 8.71. The fourth-order valence-electron chi connectivity index (χ4n) is 0.801. The zero-order valence-electron chi connectivity index (χ0n) is 6.56. The van der Waals surface area contributed by atoms with E-state index in [1.54, 1.807) is 6.08 Å². The summed E-state index contributed by atoms with van der Waals surface area (Å²) in [6.07, 6.45) is 1.58. The third kappa shape index (κ3) is 1.90. The normalized spacial score (nSPS) is 16.7. The van der Waals surface area contributed by atoms with E-state index >= 15 is 0 Å². The van der Waals surface area contributed by atoms with Gasteiger partial charge in [-0.25, -0.2) is 4.79 Å². The highest BCUT2D eigenvalue weighted by Crippen LogP contribution is 2.15. The van der Waals surface area contributed by atoms with Crippen molar-refractivity contribution in [2.24, 2.45) is 5.73 Å². The summed E-state index contributed by atoms with van der Waals surface area (Å²) in [6.45, 7) is 0.591. The Bertz CT molecular complexity index is 271. The Balaban J connectivity index is 2.83. The van der Waals surface area contributed by atoms with E-state index in [0.717, 1.165) is 3.58 Å². The molecule has 1 heterocycles. The predicted octanol–water partition coefficient (Wildman–Crippen LogP) is 0.252. The molecule has 0 aromatic heterocycles. The van der Waals surface area contributed by atoms with Crippen molar-refractivity contribution in [3.8, 4) is 0 Å². The summed E-state index contributed by atoms with van der Waals surface area (Å²) in [5, 5.41) is 2.89. The second-order valence-corrected chi connectivity index (χ2v) is 3.57. The fraction of sp³-hybridized carbons (Fsp3) is 0.286. The third-order valence-electron chi connectivity index (χ3n) is 1.45. The van der Waals surface area contributed by atoms with Crippen molar-refractivity contribution in [3.63, 3.8) is 0 Å². The number of ether oxygens (including phenoxy) is 1. The lowest BCUT2D eigenvalue weighted by molar-refractivity contribution is -0.136. The van der Waals surface area contributed by atoms with Gasteiger partial charge in [-0.1, -0.05) is 0 Å². The molecular formula is C7H9IN2O2. The van der Waals surface area contributed by atoms with E-state index in [1.165, 1.54) is 7.11 Å². The minimum absolute atomic E-state index is 0.387. The molecule has 0 atom stereocenters. The van der Waals surface area contributed by atoms with Crippen LogP contribution in [0.2, 0.25) is 0 Å². The number of dihydropyridines is 1. The second kappa shape index (κ2) is 3.79. The fourth-order valence-corrected chi connectivity index (χ4v) is 1.15. The SMILES string of the molecule is COC(=O)C1=CC(N)=C(I)CN1. The summed E-state index contributed by atoms with van der Waals surface area (Å²) in [5.41, 5.74) is 6.64. The summed E-state index contributed by atoms with van der Waals surface area (Å²) in [6, 6.07) is 0. The van der Waals surface area contributed by atoms with Crippen molar-refractivity contribution in [2.75, 3.05) is 13.7 Å². The van der Waals surface area contributed by atoms with Crippen LogP contribution >= 0.6 is 22.6 Å². The maximum Gasteiger partial charge on any atom is 0.354 e. The van der Waals surface area contributed by atoms with Gasteiger partial charge in [-0.05, 0) is 28.7 Å². The van der Waals surface area contributed by atoms with Crippen molar-refractivity contribution in [2.45, 2.75) is 0 Å². The number of carbonyl (C=O) groups excluding carboxylic acids is 1. The molecule has 0 unspecified atom stereocenters. The van der Waals surface area contributed by atoms with Crippen molar-refractivity contribution in [3.05, 3.63) is 21.0 Å². The molecule has 0 aliphatic carbocycles. The average molecular weight is 280 g/mol. The van der Waals surface area contributed by atoms with Crippen LogP contribution in [0.1, 0.15) is 0 Å². The van der Waals surface area contributed by atoms with Crippen LogP contribution in [0.25, 0.3) is 0 Å².